The van der Waals surface area contributed by atoms with Gasteiger partial charge in [0.1, 0.15) is 18.4 Å². The number of carbonyl (C=O) groups is 2. The minimum Gasteiger partial charge on any atom is -0.464 e. The van der Waals surface area contributed by atoms with Crippen LogP contribution in [0, 0.1) is 5.92 Å². The first-order valence-corrected chi connectivity index (χ1v) is 16.2. The largest absolute Gasteiger partial charge is 0.464 e. The number of fused-ring (bicyclic) bond motifs is 1. The van der Waals surface area contributed by atoms with E-state index in [-0.39, 0.29) is 37.5 Å². The third kappa shape index (κ3) is 9.91. The third-order valence-corrected chi connectivity index (χ3v) is 8.18. The molecule has 41 heavy (non-hydrogen) atoms. The molecule has 3 atom stereocenters. The van der Waals surface area contributed by atoms with Crippen molar-refractivity contribution >= 4 is 42.3 Å². The van der Waals surface area contributed by atoms with Gasteiger partial charge in [-0.1, -0.05) is 27.7 Å². The van der Waals surface area contributed by atoms with Gasteiger partial charge in [0.15, 0.2) is 17.0 Å². The molecule has 2 heterocycles. The van der Waals surface area contributed by atoms with E-state index in [0.29, 0.717) is 42.4 Å². The zero-order chi connectivity index (χ0) is 30.2. The van der Waals surface area contributed by atoms with Gasteiger partial charge in [0.25, 0.3) is 0 Å². The number of nitrogens with zero attached hydrogens (tertiary/aromatic N) is 4. The fourth-order valence-electron chi connectivity index (χ4n) is 3.90. The summed E-state index contributed by atoms with van der Waals surface area (Å²) in [6, 6.07) is -1.35. The predicted molar refractivity (Wildman–Crippen MR) is 156 cm³/mol. The van der Waals surface area contributed by atoms with Gasteiger partial charge in [-0.15, -0.1) is 0 Å². The Morgan fingerprint density at radius 1 is 1.10 bits per heavy atom. The van der Waals surface area contributed by atoms with Gasteiger partial charge in [-0.2, -0.15) is 9.97 Å². The molecule has 14 nitrogen and oxygen atoms in total. The number of nitrogen functional groups attached to an aromatic ring is 1. The Morgan fingerprint density at radius 3 is 2.34 bits per heavy atom. The van der Waals surface area contributed by atoms with E-state index in [9.17, 15) is 14.2 Å². The summed E-state index contributed by atoms with van der Waals surface area (Å²) >= 11 is 0. The van der Waals surface area contributed by atoms with Crippen LogP contribution < -0.4 is 21.2 Å². The van der Waals surface area contributed by atoms with Crippen molar-refractivity contribution in [3.8, 4) is 0 Å². The Kier molecular flexibility index (Phi) is 11.9. The maximum atomic E-state index is 14.1. The minimum absolute atomic E-state index is 0.134. The van der Waals surface area contributed by atoms with Crippen LogP contribution in [0.1, 0.15) is 67.2 Å². The molecule has 0 spiro atoms. The SMILES string of the molecule is CCC(NP(=O)(COCCn1cnc2c(NC3CC3)nc(N)nc21)NC(CC)C(=O)OC(C)C)C(=O)OCC(C)C. The molecular formula is C26H45N8O6P. The summed E-state index contributed by atoms with van der Waals surface area (Å²) in [5.41, 5.74) is 7.10. The zero-order valence-corrected chi connectivity index (χ0v) is 25.8. The number of carbonyl (C=O) groups excluding carboxylic acids is 2. The lowest BCUT2D eigenvalue weighted by molar-refractivity contribution is -0.149. The number of nitrogens with two attached hydrogens (primary N) is 1. The van der Waals surface area contributed by atoms with E-state index in [0.717, 1.165) is 12.8 Å². The maximum Gasteiger partial charge on any atom is 0.323 e. The van der Waals surface area contributed by atoms with E-state index in [1.807, 2.05) is 13.8 Å². The summed E-state index contributed by atoms with van der Waals surface area (Å²) in [4.78, 5) is 38.4. The number of hydrogen-bond donors (Lipinski definition) is 4. The number of ether oxygens (including phenoxy) is 3. The molecule has 1 fully saturated rings. The quantitative estimate of drug-likeness (QED) is 0.112. The number of aromatic nitrogens is 4. The fraction of sp³-hybridized carbons (Fsp3) is 0.731. The van der Waals surface area contributed by atoms with Crippen molar-refractivity contribution in [3.05, 3.63) is 6.33 Å². The molecule has 0 amide bonds. The molecule has 230 valence electrons. The van der Waals surface area contributed by atoms with Gasteiger partial charge in [-0.05, 0) is 45.4 Å². The molecule has 1 saturated carbocycles. The lowest BCUT2D eigenvalue weighted by Gasteiger charge is -2.28. The lowest BCUT2D eigenvalue weighted by atomic mass is 10.2. The van der Waals surface area contributed by atoms with Crippen LogP contribution in [-0.4, -0.2) is 75.2 Å². The first kappa shape index (κ1) is 32.7. The van der Waals surface area contributed by atoms with Crippen molar-refractivity contribution in [2.45, 2.75) is 98.0 Å². The normalized spacial score (nSPS) is 16.5. The number of nitrogens with one attached hydrogen (secondary N) is 3. The molecule has 3 unspecified atom stereocenters. The molecule has 0 aliphatic heterocycles. The highest BCUT2D eigenvalue weighted by Crippen LogP contribution is 2.38. The summed E-state index contributed by atoms with van der Waals surface area (Å²) in [6.07, 6.45) is 3.81. The zero-order valence-electron chi connectivity index (χ0n) is 24.9. The molecule has 0 aromatic carbocycles. The monoisotopic (exact) mass is 596 g/mol. The maximum absolute atomic E-state index is 14.1. The highest BCUT2D eigenvalue weighted by molar-refractivity contribution is 7.59. The van der Waals surface area contributed by atoms with Crippen LogP contribution in [-0.2, 0) is 34.9 Å². The summed E-state index contributed by atoms with van der Waals surface area (Å²) in [7, 11) is -3.65. The molecule has 0 bridgehead atoms. The van der Waals surface area contributed by atoms with Crippen LogP contribution in [0.15, 0.2) is 6.33 Å². The topological polar surface area (TPSA) is 185 Å². The number of rotatable bonds is 18. The average Bonchev–Trinajstić information content (AvgIpc) is 3.64. The molecule has 2 aromatic rings. The van der Waals surface area contributed by atoms with Crippen molar-refractivity contribution in [1.29, 1.82) is 0 Å². The van der Waals surface area contributed by atoms with Crippen LogP contribution in [0.25, 0.3) is 11.2 Å². The number of imidazole rings is 1. The predicted octanol–water partition coefficient (Wildman–Crippen LogP) is 3.04. The molecular weight excluding hydrogens is 551 g/mol. The third-order valence-electron chi connectivity index (χ3n) is 6.17. The molecule has 0 saturated heterocycles. The molecule has 1 aliphatic carbocycles. The minimum atomic E-state index is -3.65. The Labute approximate surface area is 241 Å². The van der Waals surface area contributed by atoms with Gasteiger partial charge in [0, 0.05) is 12.6 Å². The van der Waals surface area contributed by atoms with Crippen LogP contribution in [0.5, 0.6) is 0 Å². The fourth-order valence-corrected chi connectivity index (χ4v) is 6.10. The van der Waals surface area contributed by atoms with E-state index in [4.69, 9.17) is 19.9 Å². The molecule has 1 aliphatic rings. The van der Waals surface area contributed by atoms with Crippen molar-refractivity contribution in [3.63, 3.8) is 0 Å². The highest BCUT2D eigenvalue weighted by atomic mass is 31.2. The van der Waals surface area contributed by atoms with Crippen LogP contribution in [0.4, 0.5) is 11.8 Å². The van der Waals surface area contributed by atoms with Gasteiger partial charge in [-0.3, -0.25) is 14.2 Å². The van der Waals surface area contributed by atoms with Crippen molar-refractivity contribution < 1.29 is 28.4 Å². The highest BCUT2D eigenvalue weighted by Gasteiger charge is 2.34. The first-order chi connectivity index (χ1) is 19.4. The summed E-state index contributed by atoms with van der Waals surface area (Å²) < 4.78 is 32.5. The van der Waals surface area contributed by atoms with Crippen molar-refractivity contribution in [2.24, 2.45) is 5.92 Å². The van der Waals surface area contributed by atoms with E-state index >= 15 is 0 Å². The van der Waals surface area contributed by atoms with E-state index in [1.165, 1.54) is 0 Å². The molecule has 2 aromatic heterocycles. The first-order valence-electron chi connectivity index (χ1n) is 14.3. The van der Waals surface area contributed by atoms with Crippen molar-refractivity contribution in [1.82, 2.24) is 29.7 Å². The second kappa shape index (κ2) is 14.9. The van der Waals surface area contributed by atoms with Gasteiger partial charge in [0.05, 0.1) is 25.6 Å². The Hall–Kier alpha value is -2.80. The second-order valence-electron chi connectivity index (χ2n) is 10.9. The van der Waals surface area contributed by atoms with E-state index < -0.39 is 31.5 Å². The standard InChI is InChI=1S/C26H45N8O6P/c1-7-19(24(35)39-13-16(3)4)32-41(37,33-20(8-2)25(36)40-17(5)6)15-38-12-11-34-14-28-21-22(29-18-9-10-18)30-26(27)31-23(21)34/h14,16-20H,7-13,15H2,1-6H3,(H2,32,33,37)(H3,27,29,30,31). The molecule has 15 heteroatoms. The van der Waals surface area contributed by atoms with E-state index in [2.05, 4.69) is 30.4 Å². The second-order valence-corrected chi connectivity index (χ2v) is 13.2. The van der Waals surface area contributed by atoms with Crippen LogP contribution in [0.3, 0.4) is 0 Å². The Morgan fingerprint density at radius 2 is 1.76 bits per heavy atom. The van der Waals surface area contributed by atoms with Crippen LogP contribution in [0.2, 0.25) is 0 Å². The van der Waals surface area contributed by atoms with Gasteiger partial charge >= 0.3 is 11.9 Å². The van der Waals surface area contributed by atoms with Gasteiger partial charge in [0.2, 0.25) is 13.4 Å². The molecule has 5 N–H and O–H groups in total. The van der Waals surface area contributed by atoms with Crippen LogP contribution >= 0.6 is 7.44 Å². The van der Waals surface area contributed by atoms with Gasteiger partial charge < -0.3 is 29.8 Å². The Balaban J connectivity index is 1.70. The van der Waals surface area contributed by atoms with Crippen molar-refractivity contribution in [2.75, 3.05) is 30.6 Å². The van der Waals surface area contributed by atoms with E-state index in [1.54, 1.807) is 38.6 Å². The lowest BCUT2D eigenvalue weighted by Crippen LogP contribution is -2.45. The summed E-state index contributed by atoms with van der Waals surface area (Å²) in [5.74, 6) is -0.159. The molecule has 0 radical (unpaired) electrons. The summed E-state index contributed by atoms with van der Waals surface area (Å²) in [6.45, 7) is 11.7. The number of hydrogen-bond acceptors (Lipinski definition) is 11. The summed E-state index contributed by atoms with van der Waals surface area (Å²) in [5, 5.41) is 9.14. The number of esters is 2. The average molecular weight is 597 g/mol. The van der Waals surface area contributed by atoms with Gasteiger partial charge in [-0.25, -0.2) is 15.2 Å². The smallest absolute Gasteiger partial charge is 0.323 e. The molecule has 3 rings (SSSR count). The number of anilines is 2. The Bertz CT molecular complexity index is 1220.